The Morgan fingerprint density at radius 3 is 2.38 bits per heavy atom. The number of nitrogens with one attached hydrogen (secondary N) is 1. The van der Waals surface area contributed by atoms with Crippen LogP contribution < -0.4 is 24.3 Å². The van der Waals surface area contributed by atoms with Crippen LogP contribution in [-0.4, -0.2) is 81.4 Å². The van der Waals surface area contributed by atoms with Crippen molar-refractivity contribution in [1.29, 1.82) is 0 Å². The molecule has 10 nitrogen and oxygen atoms in total. The number of amides is 4. The van der Waals surface area contributed by atoms with E-state index in [1.54, 1.807) is 56.4 Å². The molecule has 40 heavy (non-hydrogen) atoms. The number of ether oxygens (including phenoxy) is 4. The Morgan fingerprint density at radius 2 is 1.70 bits per heavy atom. The summed E-state index contributed by atoms with van der Waals surface area (Å²) in [7, 11) is 6.42. The molecule has 10 heteroatoms. The van der Waals surface area contributed by atoms with Gasteiger partial charge in [0.05, 0.1) is 40.7 Å². The summed E-state index contributed by atoms with van der Waals surface area (Å²) >= 11 is 0. The Morgan fingerprint density at radius 1 is 0.975 bits per heavy atom. The third-order valence-electron chi connectivity index (χ3n) is 7.55. The Hall–Kier alpha value is -4.08. The monoisotopic (exact) mass is 554 g/mol. The van der Waals surface area contributed by atoms with Gasteiger partial charge in [-0.25, -0.2) is 9.59 Å². The van der Waals surface area contributed by atoms with Crippen LogP contribution in [0.25, 0.3) is 0 Å². The maximum Gasteiger partial charge on any atom is 0.324 e. The first-order valence-corrected chi connectivity index (χ1v) is 13.6. The van der Waals surface area contributed by atoms with Crippen molar-refractivity contribution in [3.05, 3.63) is 53.2 Å². The number of nitrogens with zero attached hydrogens (tertiary/aromatic N) is 3. The van der Waals surface area contributed by atoms with Crippen molar-refractivity contribution >= 4 is 17.7 Å². The van der Waals surface area contributed by atoms with Crippen LogP contribution in [0.5, 0.6) is 23.0 Å². The Balaban J connectivity index is 0.00000462. The summed E-state index contributed by atoms with van der Waals surface area (Å²) < 4.78 is 22.0. The molecule has 1 N–H and O–H groups in total. The summed E-state index contributed by atoms with van der Waals surface area (Å²) in [5, 5.41) is 2.97. The lowest BCUT2D eigenvalue weighted by molar-refractivity contribution is 0.151. The number of likely N-dealkylation sites (N-methyl/N-ethyl adjacent to an activating group) is 1. The predicted octanol–water partition coefficient (Wildman–Crippen LogP) is 5.54. The van der Waals surface area contributed by atoms with Crippen molar-refractivity contribution in [3.8, 4) is 23.0 Å². The van der Waals surface area contributed by atoms with Gasteiger partial charge in [-0.2, -0.15) is 0 Å². The highest BCUT2D eigenvalue weighted by Gasteiger charge is 2.31. The van der Waals surface area contributed by atoms with Crippen LogP contribution in [0.1, 0.15) is 45.2 Å². The van der Waals surface area contributed by atoms with E-state index in [0.717, 1.165) is 22.6 Å². The van der Waals surface area contributed by atoms with E-state index in [4.69, 9.17) is 18.9 Å². The van der Waals surface area contributed by atoms with E-state index in [1.165, 1.54) is 0 Å². The van der Waals surface area contributed by atoms with Crippen LogP contribution in [0.4, 0.5) is 15.3 Å². The SMILES string of the molecule is CCN1CCN(C(=O)Nc2ccc(OC)cc2OC)CCCC2=C[C@H](C)c3c(cc(OC)cc3OC)CN2C1=O.[HH]. The van der Waals surface area contributed by atoms with Crippen LogP contribution >= 0.6 is 0 Å². The van der Waals surface area contributed by atoms with Crippen LogP contribution in [0.2, 0.25) is 0 Å². The number of methoxy groups -OCH3 is 4. The second-order valence-corrected chi connectivity index (χ2v) is 9.88. The smallest absolute Gasteiger partial charge is 0.324 e. The number of benzene rings is 2. The van der Waals surface area contributed by atoms with Gasteiger partial charge in [0.25, 0.3) is 0 Å². The average molecular weight is 555 g/mol. The molecule has 4 amide bonds. The lowest BCUT2D eigenvalue weighted by Gasteiger charge is -2.35. The molecular weight excluding hydrogens is 512 g/mol. The van der Waals surface area contributed by atoms with E-state index in [9.17, 15) is 9.59 Å². The number of allylic oxidation sites excluding steroid dienone is 2. The van der Waals surface area contributed by atoms with E-state index < -0.39 is 0 Å². The number of carbonyl (C=O) groups excluding carboxylic acids is 2. The van der Waals surface area contributed by atoms with Crippen molar-refractivity contribution in [2.75, 3.05) is 59.9 Å². The maximum absolute atomic E-state index is 13.9. The molecule has 2 aromatic carbocycles. The van der Waals surface area contributed by atoms with Crippen LogP contribution in [-0.2, 0) is 6.54 Å². The molecule has 4 rings (SSSR count). The molecule has 2 aliphatic heterocycles. The highest BCUT2D eigenvalue weighted by molar-refractivity contribution is 5.91. The molecule has 0 unspecified atom stereocenters. The van der Waals surface area contributed by atoms with E-state index in [2.05, 4.69) is 18.3 Å². The van der Waals surface area contributed by atoms with Gasteiger partial charge in [-0.05, 0) is 43.5 Å². The fourth-order valence-corrected chi connectivity index (χ4v) is 5.40. The zero-order chi connectivity index (χ0) is 28.8. The normalized spacial score (nSPS) is 17.6. The number of fused-ring (bicyclic) bond motifs is 2. The number of anilines is 1. The Kier molecular flexibility index (Phi) is 9.29. The van der Waals surface area contributed by atoms with E-state index in [0.29, 0.717) is 68.5 Å². The first-order chi connectivity index (χ1) is 19.3. The van der Waals surface area contributed by atoms with E-state index in [-0.39, 0.29) is 19.4 Å². The molecule has 0 aromatic heterocycles. The molecule has 0 spiro atoms. The average Bonchev–Trinajstić information content (AvgIpc) is 3.11. The van der Waals surface area contributed by atoms with Gasteiger partial charge in [-0.15, -0.1) is 0 Å². The molecule has 0 aliphatic carbocycles. The Bertz CT molecular complexity index is 1270. The second kappa shape index (κ2) is 12.8. The number of rotatable bonds is 6. The first-order valence-electron chi connectivity index (χ1n) is 13.6. The lowest BCUT2D eigenvalue weighted by atomic mass is 9.94. The third-order valence-corrected chi connectivity index (χ3v) is 7.55. The van der Waals surface area contributed by atoms with Gasteiger partial charge >= 0.3 is 12.1 Å². The number of urea groups is 2. The van der Waals surface area contributed by atoms with Crippen LogP contribution in [0.3, 0.4) is 0 Å². The third kappa shape index (κ3) is 6.05. The van der Waals surface area contributed by atoms with E-state index >= 15 is 0 Å². The van der Waals surface area contributed by atoms with Crippen molar-refractivity contribution in [3.63, 3.8) is 0 Å². The molecule has 0 radical (unpaired) electrons. The molecule has 1 fully saturated rings. The van der Waals surface area contributed by atoms with Crippen molar-refractivity contribution in [1.82, 2.24) is 14.7 Å². The lowest BCUT2D eigenvalue weighted by Crippen LogP contribution is -2.48. The minimum Gasteiger partial charge on any atom is -0.497 e. The Labute approximate surface area is 237 Å². The van der Waals surface area contributed by atoms with Crippen molar-refractivity contribution < 1.29 is 30.0 Å². The van der Waals surface area contributed by atoms with Crippen LogP contribution in [0.15, 0.2) is 42.1 Å². The summed E-state index contributed by atoms with van der Waals surface area (Å²) in [6.07, 6.45) is 3.51. The molecule has 2 aromatic rings. The maximum atomic E-state index is 13.9. The van der Waals surface area contributed by atoms with Crippen LogP contribution in [0, 0.1) is 0 Å². The summed E-state index contributed by atoms with van der Waals surface area (Å²) in [6, 6.07) is 8.83. The van der Waals surface area contributed by atoms with Gasteiger partial charge in [-0.1, -0.05) is 13.0 Å². The summed E-state index contributed by atoms with van der Waals surface area (Å²) in [6.45, 7) is 6.39. The van der Waals surface area contributed by atoms with Gasteiger partial charge in [-0.3, -0.25) is 4.90 Å². The fourth-order valence-electron chi connectivity index (χ4n) is 5.40. The quantitative estimate of drug-likeness (QED) is 0.504. The highest BCUT2D eigenvalue weighted by Crippen LogP contribution is 2.40. The second-order valence-electron chi connectivity index (χ2n) is 9.88. The van der Waals surface area contributed by atoms with Gasteiger partial charge in [0.1, 0.15) is 23.0 Å². The summed E-state index contributed by atoms with van der Waals surface area (Å²) in [5.41, 5.74) is 3.57. The summed E-state index contributed by atoms with van der Waals surface area (Å²) in [5.74, 6) is 2.63. The van der Waals surface area contributed by atoms with Gasteiger partial charge in [0.2, 0.25) is 0 Å². The number of carbonyl (C=O) groups is 2. The first kappa shape index (κ1) is 28.9. The number of hydrogen-bond acceptors (Lipinski definition) is 6. The minimum atomic E-state index is -0.239. The zero-order valence-corrected chi connectivity index (χ0v) is 24.3. The molecule has 2 heterocycles. The molecule has 0 bridgehead atoms. The van der Waals surface area contributed by atoms with Crippen molar-refractivity contribution in [2.24, 2.45) is 0 Å². The predicted molar refractivity (Wildman–Crippen MR) is 156 cm³/mol. The molecule has 0 saturated carbocycles. The number of hydrogen-bond donors (Lipinski definition) is 1. The largest absolute Gasteiger partial charge is 0.497 e. The molecule has 1 saturated heterocycles. The summed E-state index contributed by atoms with van der Waals surface area (Å²) in [4.78, 5) is 32.7. The molecule has 1 atom stereocenters. The molecule has 2 aliphatic rings. The minimum absolute atomic E-state index is 0. The molecular formula is C30H42N4O6. The van der Waals surface area contributed by atoms with E-state index in [1.807, 2.05) is 24.0 Å². The van der Waals surface area contributed by atoms with Gasteiger partial charge < -0.3 is 34.1 Å². The van der Waals surface area contributed by atoms with Gasteiger partial charge in [0, 0.05) is 56.9 Å². The topological polar surface area (TPSA) is 92.8 Å². The fraction of sp³-hybridized carbons (Fsp3) is 0.467. The standard InChI is InChI=1S/C30H40N4O6.H2/c1-7-32-13-14-33(29(35)31-25-11-10-23(37-3)17-26(25)39-5)12-8-9-22-15-20(2)28-21(19-34(22)30(32)36)16-24(38-4)18-27(28)40-6;/h10-11,15-18,20H,7-9,12-14,19H2,1-6H3,(H,31,35);1H/t20-;/m0./s1. The van der Waals surface area contributed by atoms with Crippen molar-refractivity contribution in [2.45, 2.75) is 39.2 Å². The highest BCUT2D eigenvalue weighted by atomic mass is 16.5. The molecule has 218 valence electrons. The van der Waals surface area contributed by atoms with Gasteiger partial charge in [0.15, 0.2) is 0 Å². The zero-order valence-electron chi connectivity index (χ0n) is 24.3.